The molecule has 0 aliphatic rings. The zero-order valence-electron chi connectivity index (χ0n) is 3.40. The van der Waals surface area contributed by atoms with Crippen LogP contribution in [0.2, 0.25) is 0 Å². The molecule has 4 nitrogen and oxygen atoms in total. The second kappa shape index (κ2) is 103. The molecule has 0 atom stereocenters. The third-order valence-corrected chi connectivity index (χ3v) is 0. The summed E-state index contributed by atoms with van der Waals surface area (Å²) in [5, 5.41) is 0. The SMILES string of the molecule is [Na+].[Ni+2].[O-2].[O-2].[O-2].[O-2].[V+5]. The summed E-state index contributed by atoms with van der Waals surface area (Å²) in [6, 6.07) is 0. The maximum absolute atomic E-state index is 0. The summed E-state index contributed by atoms with van der Waals surface area (Å²) in [5.41, 5.74) is 0. The molecule has 0 aromatic heterocycles. The van der Waals surface area contributed by atoms with Gasteiger partial charge in [0.1, 0.15) is 0 Å². The van der Waals surface area contributed by atoms with Crippen LogP contribution < -0.4 is 29.6 Å². The van der Waals surface area contributed by atoms with Crippen molar-refractivity contribution in [1.29, 1.82) is 0 Å². The first-order valence-electron chi connectivity index (χ1n) is 0. The van der Waals surface area contributed by atoms with E-state index in [1.165, 1.54) is 0 Å². The molecule has 40 valence electrons. The van der Waals surface area contributed by atoms with E-state index >= 15 is 0 Å². The van der Waals surface area contributed by atoms with Gasteiger partial charge < -0.3 is 21.9 Å². The van der Waals surface area contributed by atoms with Gasteiger partial charge in [-0.2, -0.15) is 0 Å². The molecule has 0 rings (SSSR count). The molecular weight excluding hydrogens is 197 g/mol. The molecule has 7 heteroatoms. The van der Waals surface area contributed by atoms with E-state index in [0.717, 1.165) is 0 Å². The summed E-state index contributed by atoms with van der Waals surface area (Å²) in [6.45, 7) is 0. The molecule has 0 aromatic rings. The predicted octanol–water partition coefficient (Wildman–Crippen LogP) is -3.48. The van der Waals surface area contributed by atoms with Crippen molar-refractivity contribution in [3.63, 3.8) is 0 Å². The molecule has 0 aliphatic heterocycles. The fraction of sp³-hybridized carbons (Fsp3) is 0. The van der Waals surface area contributed by atoms with E-state index < -0.39 is 0 Å². The number of rotatable bonds is 0. The van der Waals surface area contributed by atoms with Gasteiger partial charge in [-0.05, 0) is 0 Å². The van der Waals surface area contributed by atoms with Crippen molar-refractivity contribution in [3.8, 4) is 0 Å². The van der Waals surface area contributed by atoms with Crippen LogP contribution in [0.4, 0.5) is 0 Å². The topological polar surface area (TPSA) is 114 Å². The first-order chi connectivity index (χ1) is 0. The monoisotopic (exact) mass is 196 g/mol. The Balaban J connectivity index is 0. The molecule has 0 heterocycles. The summed E-state index contributed by atoms with van der Waals surface area (Å²) in [6.07, 6.45) is 0. The zero-order chi connectivity index (χ0) is 0. The summed E-state index contributed by atoms with van der Waals surface area (Å²) in [4.78, 5) is 0. The van der Waals surface area contributed by atoms with Crippen molar-refractivity contribution in [1.82, 2.24) is 0 Å². The van der Waals surface area contributed by atoms with Crippen LogP contribution in [0.25, 0.3) is 0 Å². The molecule has 0 unspecified atom stereocenters. The minimum atomic E-state index is 0. The Labute approximate surface area is 85.8 Å². The van der Waals surface area contributed by atoms with Crippen LogP contribution in [0, 0.1) is 0 Å². The average Bonchev–Trinajstić information content (AvgIpc) is 0. The summed E-state index contributed by atoms with van der Waals surface area (Å²) < 4.78 is 0. The van der Waals surface area contributed by atoms with Crippen molar-refractivity contribution >= 4 is 0 Å². The van der Waals surface area contributed by atoms with E-state index in [0.29, 0.717) is 0 Å². The van der Waals surface area contributed by atoms with E-state index in [-0.39, 0.29) is 86.5 Å². The van der Waals surface area contributed by atoms with Gasteiger partial charge in [-0.25, -0.2) is 0 Å². The molecule has 0 saturated carbocycles. The standard InChI is InChI=1S/Na.Ni.4O.V/q+1;+2;4*-2;+5. The van der Waals surface area contributed by atoms with Gasteiger partial charge in [0.25, 0.3) is 0 Å². The fourth-order valence-electron chi connectivity index (χ4n) is 0. The van der Waals surface area contributed by atoms with E-state index in [4.69, 9.17) is 0 Å². The van der Waals surface area contributed by atoms with E-state index in [1.54, 1.807) is 0 Å². The van der Waals surface area contributed by atoms with Gasteiger partial charge in [-0.15, -0.1) is 0 Å². The largest absolute Gasteiger partial charge is 5.00 e. The number of hydrogen-bond acceptors (Lipinski definition) is 0. The predicted molar refractivity (Wildman–Crippen MR) is 2.75 cm³/mol. The van der Waals surface area contributed by atoms with Gasteiger partial charge in [0, 0.05) is 0 Å². The Morgan fingerprint density at radius 2 is 0.571 bits per heavy atom. The van der Waals surface area contributed by atoms with Gasteiger partial charge in [0.05, 0.1) is 0 Å². The van der Waals surface area contributed by atoms with Crippen LogP contribution in [0.3, 0.4) is 0 Å². The Bertz CT molecular complexity index is 11.7. The molecule has 7 heavy (non-hydrogen) atoms. The van der Waals surface area contributed by atoms with Crippen LogP contribution in [0.5, 0.6) is 0 Å². The van der Waals surface area contributed by atoms with Crippen molar-refractivity contribution in [3.05, 3.63) is 0 Å². The molecule has 0 aliphatic carbocycles. The van der Waals surface area contributed by atoms with Gasteiger partial charge in [-0.3, -0.25) is 0 Å². The Morgan fingerprint density at radius 1 is 0.571 bits per heavy atom. The summed E-state index contributed by atoms with van der Waals surface area (Å²) in [5.74, 6) is 0. The molecule has 0 amide bonds. The van der Waals surface area contributed by atoms with Crippen molar-refractivity contribution in [2.75, 3.05) is 0 Å². The normalized spacial score (nSPS) is 0. The van der Waals surface area contributed by atoms with Crippen LogP contribution in [-0.4, -0.2) is 0 Å². The third kappa shape index (κ3) is 75.4. The second-order valence-electron chi connectivity index (χ2n) is 0. The van der Waals surface area contributed by atoms with Crippen LogP contribution >= 0.6 is 0 Å². The zero-order valence-corrected chi connectivity index (χ0v) is 7.78. The molecule has 0 N–H and O–H groups in total. The van der Waals surface area contributed by atoms with Crippen molar-refractivity contribution in [2.24, 2.45) is 0 Å². The van der Waals surface area contributed by atoms with Crippen molar-refractivity contribution in [2.45, 2.75) is 0 Å². The van der Waals surface area contributed by atoms with Crippen LogP contribution in [0.15, 0.2) is 0 Å². The molecule has 0 radical (unpaired) electrons. The van der Waals surface area contributed by atoms with Gasteiger partial charge in [0.15, 0.2) is 0 Å². The van der Waals surface area contributed by atoms with E-state index in [2.05, 4.69) is 0 Å². The summed E-state index contributed by atoms with van der Waals surface area (Å²) >= 11 is 0. The molecule has 0 aromatic carbocycles. The number of hydrogen-bond donors (Lipinski definition) is 0. The minimum absolute atomic E-state index is 0. The van der Waals surface area contributed by atoms with Crippen LogP contribution in [-0.2, 0) is 57.0 Å². The Kier molecular flexibility index (Phi) is 2240. The van der Waals surface area contributed by atoms with Crippen molar-refractivity contribution < 1.29 is 86.5 Å². The maximum atomic E-state index is 0. The summed E-state index contributed by atoms with van der Waals surface area (Å²) in [7, 11) is 0. The quantitative estimate of drug-likeness (QED) is 0.358. The van der Waals surface area contributed by atoms with E-state index in [1.807, 2.05) is 0 Å². The molecule has 0 saturated heterocycles. The fourth-order valence-corrected chi connectivity index (χ4v) is 0. The van der Waals surface area contributed by atoms with E-state index in [9.17, 15) is 0 Å². The Morgan fingerprint density at radius 3 is 0.571 bits per heavy atom. The molecule has 0 bridgehead atoms. The smallest absolute Gasteiger partial charge is 2.00 e. The van der Waals surface area contributed by atoms with Crippen LogP contribution in [0.1, 0.15) is 0 Å². The molecule has 0 fully saturated rings. The minimum Gasteiger partial charge on any atom is -2.00 e. The van der Waals surface area contributed by atoms with Gasteiger partial charge in [-0.1, -0.05) is 0 Å². The molecular formula is NaNiO4V. The Hall–Kier alpha value is 1.92. The second-order valence-corrected chi connectivity index (χ2v) is 0. The molecule has 0 spiro atoms. The van der Waals surface area contributed by atoms with Gasteiger partial charge >= 0.3 is 64.6 Å². The first kappa shape index (κ1) is 152. The third-order valence-electron chi connectivity index (χ3n) is 0. The average molecular weight is 197 g/mol. The van der Waals surface area contributed by atoms with Gasteiger partial charge in [0.2, 0.25) is 0 Å². The first-order valence-corrected chi connectivity index (χ1v) is 0. The maximum Gasteiger partial charge on any atom is 5.00 e.